The average Bonchev–Trinajstić information content (AvgIpc) is 2.69. The molecule has 1 aliphatic carbocycles. The van der Waals surface area contributed by atoms with Gasteiger partial charge >= 0.3 is 0 Å². The number of anilines is 1. The second-order valence-corrected chi connectivity index (χ2v) is 5.92. The van der Waals surface area contributed by atoms with Crippen molar-refractivity contribution in [2.24, 2.45) is 5.92 Å². The fourth-order valence-corrected chi connectivity index (χ4v) is 3.26. The molecule has 2 rings (SSSR count). The molecular formula is C16H27N3. The highest BCUT2D eigenvalue weighted by atomic mass is 15.1. The predicted molar refractivity (Wildman–Crippen MR) is 81.2 cm³/mol. The van der Waals surface area contributed by atoms with Crippen LogP contribution in [-0.2, 0) is 13.0 Å². The Morgan fingerprint density at radius 2 is 2.26 bits per heavy atom. The fraction of sp³-hybridized carbons (Fsp3) is 0.688. The van der Waals surface area contributed by atoms with E-state index in [1.165, 1.54) is 25.7 Å². The standard InChI is InChI=1S/C16H27N3/c1-4-7-14-18-15(16(17)19(14)10-5-2)13-9-6-8-12(3)11-13/h5,12-13H,2,4,6-11,17H2,1,3H3. The van der Waals surface area contributed by atoms with Gasteiger partial charge in [-0.2, -0.15) is 0 Å². The van der Waals surface area contributed by atoms with Gasteiger partial charge in [0.15, 0.2) is 0 Å². The first-order valence-corrected chi connectivity index (χ1v) is 7.63. The van der Waals surface area contributed by atoms with Crippen molar-refractivity contribution in [2.75, 3.05) is 5.73 Å². The zero-order valence-electron chi connectivity index (χ0n) is 12.4. The highest BCUT2D eigenvalue weighted by Gasteiger charge is 2.26. The molecule has 19 heavy (non-hydrogen) atoms. The SMILES string of the molecule is C=CCn1c(CCC)nc(C2CCCC(C)C2)c1N. The Balaban J connectivity index is 2.29. The molecule has 3 heteroatoms. The molecule has 0 bridgehead atoms. The second-order valence-electron chi connectivity index (χ2n) is 5.92. The predicted octanol–water partition coefficient (Wildman–Crippen LogP) is 3.90. The van der Waals surface area contributed by atoms with Gasteiger partial charge < -0.3 is 10.3 Å². The fourth-order valence-electron chi connectivity index (χ4n) is 3.26. The van der Waals surface area contributed by atoms with E-state index in [0.717, 1.165) is 42.6 Å². The van der Waals surface area contributed by atoms with Gasteiger partial charge in [0.25, 0.3) is 0 Å². The molecule has 1 aromatic rings. The van der Waals surface area contributed by atoms with Crippen LogP contribution in [0.3, 0.4) is 0 Å². The van der Waals surface area contributed by atoms with Crippen LogP contribution >= 0.6 is 0 Å². The van der Waals surface area contributed by atoms with Crippen molar-refractivity contribution in [3.05, 3.63) is 24.2 Å². The van der Waals surface area contributed by atoms with Gasteiger partial charge in [-0.25, -0.2) is 4.98 Å². The lowest BCUT2D eigenvalue weighted by atomic mass is 9.81. The maximum Gasteiger partial charge on any atom is 0.127 e. The van der Waals surface area contributed by atoms with E-state index in [2.05, 4.69) is 25.0 Å². The molecule has 1 aromatic heterocycles. The number of hydrogen-bond donors (Lipinski definition) is 1. The average molecular weight is 261 g/mol. The summed E-state index contributed by atoms with van der Waals surface area (Å²) >= 11 is 0. The zero-order chi connectivity index (χ0) is 13.8. The minimum absolute atomic E-state index is 0.561. The highest BCUT2D eigenvalue weighted by Crippen LogP contribution is 2.38. The van der Waals surface area contributed by atoms with Crippen LogP contribution < -0.4 is 5.73 Å². The molecule has 0 radical (unpaired) electrons. The molecule has 2 unspecified atom stereocenters. The number of nitrogens with zero attached hydrogens (tertiary/aromatic N) is 2. The lowest BCUT2D eigenvalue weighted by Gasteiger charge is -2.25. The Morgan fingerprint density at radius 3 is 2.89 bits per heavy atom. The third kappa shape index (κ3) is 3.02. The van der Waals surface area contributed by atoms with E-state index in [1.807, 2.05) is 6.08 Å². The van der Waals surface area contributed by atoms with Crippen LogP contribution in [-0.4, -0.2) is 9.55 Å². The van der Waals surface area contributed by atoms with E-state index in [-0.39, 0.29) is 0 Å². The number of rotatable bonds is 5. The summed E-state index contributed by atoms with van der Waals surface area (Å²) in [6.45, 7) is 9.13. The number of hydrogen-bond acceptors (Lipinski definition) is 2. The maximum absolute atomic E-state index is 6.35. The van der Waals surface area contributed by atoms with E-state index in [9.17, 15) is 0 Å². The molecule has 0 spiro atoms. The monoisotopic (exact) mass is 261 g/mol. The van der Waals surface area contributed by atoms with E-state index in [1.54, 1.807) is 0 Å². The summed E-state index contributed by atoms with van der Waals surface area (Å²) < 4.78 is 2.14. The molecule has 0 saturated heterocycles. The summed E-state index contributed by atoms with van der Waals surface area (Å²) in [5.74, 6) is 3.37. The molecule has 1 saturated carbocycles. The van der Waals surface area contributed by atoms with Crippen LogP contribution in [0.15, 0.2) is 12.7 Å². The van der Waals surface area contributed by atoms with E-state index in [4.69, 9.17) is 10.7 Å². The summed E-state index contributed by atoms with van der Waals surface area (Å²) in [4.78, 5) is 4.87. The summed E-state index contributed by atoms with van der Waals surface area (Å²) in [6.07, 6.45) is 9.15. The lowest BCUT2D eigenvalue weighted by Crippen LogP contribution is -2.14. The van der Waals surface area contributed by atoms with Gasteiger partial charge in [-0.3, -0.25) is 0 Å². The van der Waals surface area contributed by atoms with Gasteiger partial charge in [-0.1, -0.05) is 32.8 Å². The molecule has 1 aliphatic rings. The van der Waals surface area contributed by atoms with Crippen LogP contribution in [0.5, 0.6) is 0 Å². The molecule has 106 valence electrons. The van der Waals surface area contributed by atoms with Gasteiger partial charge in [0.1, 0.15) is 11.6 Å². The first-order chi connectivity index (χ1) is 9.17. The van der Waals surface area contributed by atoms with Crippen molar-refractivity contribution in [3.8, 4) is 0 Å². The number of aromatic nitrogens is 2. The minimum atomic E-state index is 0.561. The third-order valence-electron chi connectivity index (χ3n) is 4.22. The highest BCUT2D eigenvalue weighted by molar-refractivity contribution is 5.41. The van der Waals surface area contributed by atoms with Crippen molar-refractivity contribution >= 4 is 5.82 Å². The van der Waals surface area contributed by atoms with Gasteiger partial charge in [0.2, 0.25) is 0 Å². The van der Waals surface area contributed by atoms with Crippen molar-refractivity contribution in [1.82, 2.24) is 9.55 Å². The topological polar surface area (TPSA) is 43.8 Å². The van der Waals surface area contributed by atoms with Crippen LogP contribution in [0, 0.1) is 5.92 Å². The summed E-state index contributed by atoms with van der Waals surface area (Å²) in [6, 6.07) is 0. The Morgan fingerprint density at radius 1 is 1.47 bits per heavy atom. The molecule has 3 nitrogen and oxygen atoms in total. The first-order valence-electron chi connectivity index (χ1n) is 7.63. The van der Waals surface area contributed by atoms with Gasteiger partial charge in [0, 0.05) is 18.9 Å². The number of aryl methyl sites for hydroxylation is 1. The minimum Gasteiger partial charge on any atom is -0.384 e. The molecule has 1 fully saturated rings. The Bertz CT molecular complexity index is 433. The third-order valence-corrected chi connectivity index (χ3v) is 4.22. The summed E-state index contributed by atoms with van der Waals surface area (Å²) in [5, 5.41) is 0. The van der Waals surface area contributed by atoms with Crippen molar-refractivity contribution in [1.29, 1.82) is 0 Å². The number of allylic oxidation sites excluding steroid dienone is 1. The van der Waals surface area contributed by atoms with E-state index < -0.39 is 0 Å². The second kappa shape index (κ2) is 6.27. The quantitative estimate of drug-likeness (QED) is 0.817. The van der Waals surface area contributed by atoms with Crippen LogP contribution in [0.4, 0.5) is 5.82 Å². The lowest BCUT2D eigenvalue weighted by molar-refractivity contribution is 0.341. The molecule has 2 atom stereocenters. The van der Waals surface area contributed by atoms with Gasteiger partial charge in [-0.15, -0.1) is 6.58 Å². The smallest absolute Gasteiger partial charge is 0.127 e. The Labute approximate surface area is 116 Å². The molecule has 0 amide bonds. The van der Waals surface area contributed by atoms with Crippen molar-refractivity contribution in [2.45, 2.75) is 64.8 Å². The Hall–Kier alpha value is -1.25. The van der Waals surface area contributed by atoms with Gasteiger partial charge in [-0.05, 0) is 25.2 Å². The van der Waals surface area contributed by atoms with Crippen molar-refractivity contribution < 1.29 is 0 Å². The molecule has 0 aliphatic heterocycles. The van der Waals surface area contributed by atoms with E-state index in [0.29, 0.717) is 5.92 Å². The Kier molecular flexibility index (Phi) is 4.67. The molecule has 2 N–H and O–H groups in total. The van der Waals surface area contributed by atoms with Crippen LogP contribution in [0.2, 0.25) is 0 Å². The zero-order valence-corrected chi connectivity index (χ0v) is 12.4. The maximum atomic E-state index is 6.35. The summed E-state index contributed by atoms with van der Waals surface area (Å²) in [7, 11) is 0. The van der Waals surface area contributed by atoms with Crippen molar-refractivity contribution in [3.63, 3.8) is 0 Å². The number of nitrogens with two attached hydrogens (primary N) is 1. The first kappa shape index (κ1) is 14.2. The normalized spacial score (nSPS) is 23.5. The number of nitrogen functional groups attached to an aromatic ring is 1. The van der Waals surface area contributed by atoms with Gasteiger partial charge in [0.05, 0.1) is 5.69 Å². The molecule has 0 aromatic carbocycles. The number of imidazole rings is 1. The van der Waals surface area contributed by atoms with Crippen LogP contribution in [0.1, 0.15) is 63.4 Å². The van der Waals surface area contributed by atoms with Crippen LogP contribution in [0.25, 0.3) is 0 Å². The summed E-state index contributed by atoms with van der Waals surface area (Å²) in [5.41, 5.74) is 7.50. The van der Waals surface area contributed by atoms with E-state index >= 15 is 0 Å². The molecular weight excluding hydrogens is 234 g/mol. The molecule has 1 heterocycles. The largest absolute Gasteiger partial charge is 0.384 e.